The predicted molar refractivity (Wildman–Crippen MR) is 92.1 cm³/mol. The minimum absolute atomic E-state index is 0.328. The molecule has 152 valence electrons. The molecule has 5 atom stereocenters. The van der Waals surface area contributed by atoms with Gasteiger partial charge in [-0.2, -0.15) is 0 Å². The van der Waals surface area contributed by atoms with Gasteiger partial charge in [0.1, 0.15) is 18.8 Å². The number of rotatable bonds is 8. The van der Waals surface area contributed by atoms with E-state index in [1.165, 1.54) is 21.3 Å². The number of ether oxygens (including phenoxy) is 5. The molecule has 3 N–H and O–H groups in total. The first-order valence-corrected chi connectivity index (χ1v) is 8.35. The van der Waals surface area contributed by atoms with Crippen molar-refractivity contribution < 1.29 is 43.8 Å². The number of aliphatic hydroxyl groups is 3. The highest BCUT2D eigenvalue weighted by Gasteiger charge is 2.65. The van der Waals surface area contributed by atoms with Gasteiger partial charge in [0.2, 0.25) is 0 Å². The highest BCUT2D eigenvalue weighted by Crippen LogP contribution is 2.39. The number of methoxy groups -OCH3 is 3. The predicted octanol–water partition coefficient (Wildman–Crippen LogP) is -0.669. The summed E-state index contributed by atoms with van der Waals surface area (Å²) in [5, 5.41) is 32.7. The molecule has 1 aromatic carbocycles. The Labute approximate surface area is 157 Å². The summed E-state index contributed by atoms with van der Waals surface area (Å²) in [6.45, 7) is -1.19. The van der Waals surface area contributed by atoms with Crippen LogP contribution >= 0.6 is 0 Å². The van der Waals surface area contributed by atoms with Crippen molar-refractivity contribution in [1.29, 1.82) is 0 Å². The third-order valence-electron chi connectivity index (χ3n) is 4.61. The molecule has 0 aromatic heterocycles. The van der Waals surface area contributed by atoms with Gasteiger partial charge in [0.05, 0.1) is 18.8 Å². The smallest absolute Gasteiger partial charge is 0.338 e. The van der Waals surface area contributed by atoms with E-state index in [0.717, 1.165) is 0 Å². The fourth-order valence-corrected chi connectivity index (χ4v) is 3.15. The molecule has 1 fully saturated rings. The molecular weight excluding hydrogens is 360 g/mol. The van der Waals surface area contributed by atoms with Gasteiger partial charge in [-0.15, -0.1) is 0 Å². The molecule has 1 heterocycles. The van der Waals surface area contributed by atoms with E-state index in [1.54, 1.807) is 30.3 Å². The fraction of sp³-hybridized carbons (Fsp3) is 0.611. The van der Waals surface area contributed by atoms with Crippen molar-refractivity contribution in [2.24, 2.45) is 0 Å². The summed E-state index contributed by atoms with van der Waals surface area (Å²) in [6, 6.07) is 8.29. The average Bonchev–Trinajstić information content (AvgIpc) is 2.67. The Balaban J connectivity index is 2.20. The van der Waals surface area contributed by atoms with Crippen LogP contribution in [-0.4, -0.2) is 92.1 Å². The van der Waals surface area contributed by atoms with E-state index in [0.29, 0.717) is 5.56 Å². The molecule has 1 aliphatic heterocycles. The molecule has 0 aliphatic carbocycles. The van der Waals surface area contributed by atoms with E-state index in [9.17, 15) is 20.1 Å². The number of benzene rings is 1. The van der Waals surface area contributed by atoms with Crippen LogP contribution in [0, 0.1) is 0 Å². The van der Waals surface area contributed by atoms with Crippen LogP contribution in [0.2, 0.25) is 0 Å². The van der Waals surface area contributed by atoms with Gasteiger partial charge in [-0.05, 0) is 12.1 Å². The lowest BCUT2D eigenvalue weighted by Gasteiger charge is -2.54. The van der Waals surface area contributed by atoms with Crippen LogP contribution in [0.1, 0.15) is 10.4 Å². The van der Waals surface area contributed by atoms with Crippen molar-refractivity contribution in [3.05, 3.63) is 35.9 Å². The number of carbonyl (C=O) groups is 1. The van der Waals surface area contributed by atoms with Crippen LogP contribution in [0.5, 0.6) is 0 Å². The number of aliphatic hydroxyl groups excluding tert-OH is 1. The van der Waals surface area contributed by atoms with Crippen LogP contribution < -0.4 is 0 Å². The van der Waals surface area contributed by atoms with E-state index >= 15 is 0 Å². The maximum atomic E-state index is 12.1. The first kappa shape index (κ1) is 21.7. The molecule has 0 radical (unpaired) electrons. The van der Waals surface area contributed by atoms with E-state index in [4.69, 9.17) is 23.7 Å². The van der Waals surface area contributed by atoms with Crippen molar-refractivity contribution in [1.82, 2.24) is 0 Å². The topological polar surface area (TPSA) is 124 Å². The first-order valence-electron chi connectivity index (χ1n) is 8.35. The maximum absolute atomic E-state index is 12.1. The third kappa shape index (κ3) is 4.14. The van der Waals surface area contributed by atoms with Gasteiger partial charge in [-0.3, -0.25) is 0 Å². The molecule has 0 spiro atoms. The van der Waals surface area contributed by atoms with Crippen molar-refractivity contribution in [3.63, 3.8) is 0 Å². The zero-order valence-electron chi connectivity index (χ0n) is 15.5. The van der Waals surface area contributed by atoms with Crippen LogP contribution in [0.25, 0.3) is 0 Å². The average molecular weight is 386 g/mol. The van der Waals surface area contributed by atoms with E-state index in [2.05, 4.69) is 0 Å². The van der Waals surface area contributed by atoms with Crippen molar-refractivity contribution >= 4 is 5.97 Å². The van der Waals surface area contributed by atoms with Crippen LogP contribution in [-0.2, 0) is 23.7 Å². The second kappa shape index (κ2) is 9.07. The lowest BCUT2D eigenvalue weighted by atomic mass is 9.74. The van der Waals surface area contributed by atoms with Gasteiger partial charge in [0.25, 0.3) is 0 Å². The quantitative estimate of drug-likeness (QED) is 0.499. The molecule has 9 nitrogen and oxygen atoms in total. The Hall–Kier alpha value is -1.59. The highest BCUT2D eigenvalue weighted by atomic mass is 16.7. The summed E-state index contributed by atoms with van der Waals surface area (Å²) >= 11 is 0. The Morgan fingerprint density at radius 2 is 1.67 bits per heavy atom. The van der Waals surface area contributed by atoms with E-state index < -0.39 is 42.3 Å². The fourth-order valence-electron chi connectivity index (χ4n) is 3.15. The molecule has 1 aromatic rings. The molecule has 0 bridgehead atoms. The molecule has 0 saturated carbocycles. The Kier molecular flexibility index (Phi) is 7.29. The van der Waals surface area contributed by atoms with Crippen LogP contribution in [0.4, 0.5) is 0 Å². The van der Waals surface area contributed by atoms with E-state index in [1.807, 2.05) is 0 Å². The van der Waals surface area contributed by atoms with Gasteiger partial charge < -0.3 is 39.0 Å². The summed E-state index contributed by atoms with van der Waals surface area (Å²) in [7, 11) is 3.89. The van der Waals surface area contributed by atoms with E-state index in [-0.39, 0.29) is 13.2 Å². The zero-order chi connectivity index (χ0) is 20.1. The number of esters is 1. The van der Waals surface area contributed by atoms with Gasteiger partial charge in [0, 0.05) is 21.3 Å². The monoisotopic (exact) mass is 386 g/mol. The number of carbonyl (C=O) groups excluding carboxylic acids is 1. The molecule has 2 rings (SSSR count). The Morgan fingerprint density at radius 3 is 2.22 bits per heavy atom. The van der Waals surface area contributed by atoms with Crippen LogP contribution in [0.3, 0.4) is 0 Å². The van der Waals surface area contributed by atoms with Crippen molar-refractivity contribution in [2.45, 2.75) is 29.7 Å². The van der Waals surface area contributed by atoms with Gasteiger partial charge in [0.15, 0.2) is 17.5 Å². The maximum Gasteiger partial charge on any atom is 0.338 e. The lowest BCUT2D eigenvalue weighted by molar-refractivity contribution is -0.382. The largest absolute Gasteiger partial charge is 0.459 e. The Bertz CT molecular complexity index is 610. The van der Waals surface area contributed by atoms with Crippen molar-refractivity contribution in [2.75, 3.05) is 41.2 Å². The second-order valence-electron chi connectivity index (χ2n) is 6.37. The minimum Gasteiger partial charge on any atom is -0.459 e. The molecule has 0 unspecified atom stereocenters. The molecule has 0 amide bonds. The zero-order valence-corrected chi connectivity index (χ0v) is 15.5. The molecular formula is C18H26O9. The highest BCUT2D eigenvalue weighted by molar-refractivity contribution is 5.89. The summed E-state index contributed by atoms with van der Waals surface area (Å²) < 4.78 is 25.9. The van der Waals surface area contributed by atoms with Gasteiger partial charge >= 0.3 is 5.97 Å². The summed E-state index contributed by atoms with van der Waals surface area (Å²) in [4.78, 5) is 12.1. The summed E-state index contributed by atoms with van der Waals surface area (Å²) in [5.74, 6) is -0.617. The molecule has 1 saturated heterocycles. The summed E-state index contributed by atoms with van der Waals surface area (Å²) in [6.07, 6.45) is -4.17. The second-order valence-corrected chi connectivity index (χ2v) is 6.37. The minimum atomic E-state index is -2.19. The lowest BCUT2D eigenvalue weighted by Crippen LogP contribution is -2.77. The van der Waals surface area contributed by atoms with Crippen LogP contribution in [0.15, 0.2) is 30.3 Å². The SMILES string of the molecule is COC[C@]1(O)[C@@H](OC)O[C@H](COC(=O)c2ccccc2)[C@@H](O)[C@@]1(O)COC. The molecule has 1 aliphatic rings. The third-order valence-corrected chi connectivity index (χ3v) is 4.61. The molecule has 9 heteroatoms. The standard InChI is InChI=1S/C18H26O9/c1-23-10-17(21)14(19)13(27-16(25-3)18(17,22)11-24-2)9-26-15(20)12-7-5-4-6-8-12/h4-8,13-14,16,19,21-22H,9-11H2,1-3H3/t13-,14-,16+,17+,18+/m1/s1. The normalized spacial score (nSPS) is 33.6. The summed E-state index contributed by atoms with van der Waals surface area (Å²) in [5.41, 5.74) is -3.99. The first-order chi connectivity index (χ1) is 12.8. The van der Waals surface area contributed by atoms with Gasteiger partial charge in [-0.25, -0.2) is 4.79 Å². The molecule has 27 heavy (non-hydrogen) atoms. The number of hydrogen-bond acceptors (Lipinski definition) is 9. The Morgan fingerprint density at radius 1 is 1.07 bits per heavy atom. The van der Waals surface area contributed by atoms with Crippen molar-refractivity contribution in [3.8, 4) is 0 Å². The number of hydrogen-bond donors (Lipinski definition) is 3. The van der Waals surface area contributed by atoms with Gasteiger partial charge in [-0.1, -0.05) is 18.2 Å².